The molecule has 0 bridgehead atoms. The molecule has 1 N–H and O–H groups in total. The average Bonchev–Trinajstić information content (AvgIpc) is 2.81. The van der Waals surface area contributed by atoms with Crippen LogP contribution in [0, 0.1) is 0 Å². The molecule has 0 atom stereocenters. The fourth-order valence-corrected chi connectivity index (χ4v) is 2.42. The lowest BCUT2D eigenvalue weighted by Gasteiger charge is -2.02. The minimum Gasteiger partial charge on any atom is -0.456 e. The Kier molecular flexibility index (Phi) is 2.94. The van der Waals surface area contributed by atoms with Crippen molar-refractivity contribution in [2.24, 2.45) is 0 Å². The van der Waals surface area contributed by atoms with Gasteiger partial charge in [0.05, 0.1) is 6.61 Å². The standard InChI is InChI=1S/C15H11BrO2/c16-12-5-6-14-11(7-12)8-15(18-14)13-4-2-1-3-10(13)9-17/h1-8,17H,9H2. The fraction of sp³-hybridized carbons (Fsp3) is 0.0667. The molecule has 3 heteroatoms. The highest BCUT2D eigenvalue weighted by Gasteiger charge is 2.09. The summed E-state index contributed by atoms with van der Waals surface area (Å²) in [5.74, 6) is 0.785. The number of hydrogen-bond acceptors (Lipinski definition) is 2. The van der Waals surface area contributed by atoms with E-state index >= 15 is 0 Å². The zero-order chi connectivity index (χ0) is 12.5. The quantitative estimate of drug-likeness (QED) is 0.763. The normalized spacial score (nSPS) is 11.0. The molecule has 0 aliphatic rings. The van der Waals surface area contributed by atoms with E-state index in [1.807, 2.05) is 48.5 Å². The lowest BCUT2D eigenvalue weighted by molar-refractivity contribution is 0.282. The van der Waals surface area contributed by atoms with E-state index in [2.05, 4.69) is 15.9 Å². The number of aliphatic hydroxyl groups excluding tert-OH is 1. The van der Waals surface area contributed by atoms with E-state index in [1.54, 1.807) is 0 Å². The maximum absolute atomic E-state index is 9.35. The number of fused-ring (bicyclic) bond motifs is 1. The smallest absolute Gasteiger partial charge is 0.135 e. The van der Waals surface area contributed by atoms with Crippen LogP contribution in [0.3, 0.4) is 0 Å². The molecule has 1 aromatic heterocycles. The summed E-state index contributed by atoms with van der Waals surface area (Å²) in [6, 6.07) is 15.6. The predicted molar refractivity (Wildman–Crippen MR) is 75.3 cm³/mol. The summed E-state index contributed by atoms with van der Waals surface area (Å²) in [4.78, 5) is 0. The van der Waals surface area contributed by atoms with Gasteiger partial charge in [-0.1, -0.05) is 40.2 Å². The number of benzene rings is 2. The van der Waals surface area contributed by atoms with Crippen LogP contribution in [0.1, 0.15) is 5.56 Å². The van der Waals surface area contributed by atoms with Crippen LogP contribution in [0.5, 0.6) is 0 Å². The first-order valence-corrected chi connectivity index (χ1v) is 6.45. The topological polar surface area (TPSA) is 33.4 Å². The molecule has 0 unspecified atom stereocenters. The predicted octanol–water partition coefficient (Wildman–Crippen LogP) is 4.35. The molecular weight excluding hydrogens is 292 g/mol. The van der Waals surface area contributed by atoms with E-state index in [0.29, 0.717) is 0 Å². The first kappa shape index (κ1) is 11.5. The summed E-state index contributed by atoms with van der Waals surface area (Å²) in [5.41, 5.74) is 2.66. The molecule has 0 amide bonds. The second-order valence-corrected chi connectivity index (χ2v) is 5.02. The Bertz CT molecular complexity index is 701. The van der Waals surface area contributed by atoms with Crippen LogP contribution in [-0.4, -0.2) is 5.11 Å². The lowest BCUT2D eigenvalue weighted by atomic mass is 10.1. The van der Waals surface area contributed by atoms with Gasteiger partial charge in [0.15, 0.2) is 0 Å². The van der Waals surface area contributed by atoms with E-state index in [9.17, 15) is 5.11 Å². The SMILES string of the molecule is OCc1ccccc1-c1cc2cc(Br)ccc2o1. The summed E-state index contributed by atoms with van der Waals surface area (Å²) in [6.07, 6.45) is 0. The van der Waals surface area contributed by atoms with Gasteiger partial charge < -0.3 is 9.52 Å². The highest BCUT2D eigenvalue weighted by Crippen LogP contribution is 2.31. The van der Waals surface area contributed by atoms with Gasteiger partial charge >= 0.3 is 0 Å². The highest BCUT2D eigenvalue weighted by atomic mass is 79.9. The number of furan rings is 1. The van der Waals surface area contributed by atoms with Crippen molar-refractivity contribution in [1.82, 2.24) is 0 Å². The first-order chi connectivity index (χ1) is 8.78. The van der Waals surface area contributed by atoms with E-state index < -0.39 is 0 Å². The van der Waals surface area contributed by atoms with Gasteiger partial charge in [-0.3, -0.25) is 0 Å². The number of hydrogen-bond donors (Lipinski definition) is 1. The van der Waals surface area contributed by atoms with Crippen molar-refractivity contribution >= 4 is 26.9 Å². The molecule has 0 saturated heterocycles. The van der Waals surface area contributed by atoms with Crippen LogP contribution in [0.15, 0.2) is 57.4 Å². The Balaban J connectivity index is 2.19. The molecule has 90 valence electrons. The van der Waals surface area contributed by atoms with Gasteiger partial charge in [-0.25, -0.2) is 0 Å². The van der Waals surface area contributed by atoms with Crippen molar-refractivity contribution in [3.63, 3.8) is 0 Å². The van der Waals surface area contributed by atoms with Gasteiger partial charge in [-0.2, -0.15) is 0 Å². The van der Waals surface area contributed by atoms with Crippen LogP contribution < -0.4 is 0 Å². The Labute approximate surface area is 113 Å². The molecule has 1 heterocycles. The average molecular weight is 303 g/mol. The summed E-state index contributed by atoms with van der Waals surface area (Å²) >= 11 is 3.44. The summed E-state index contributed by atoms with van der Waals surface area (Å²) < 4.78 is 6.85. The zero-order valence-corrected chi connectivity index (χ0v) is 11.1. The van der Waals surface area contributed by atoms with E-state index in [0.717, 1.165) is 32.3 Å². The van der Waals surface area contributed by atoms with Crippen molar-refractivity contribution in [3.8, 4) is 11.3 Å². The Morgan fingerprint density at radius 2 is 1.89 bits per heavy atom. The molecule has 0 aliphatic heterocycles. The van der Waals surface area contributed by atoms with Crippen molar-refractivity contribution in [3.05, 3.63) is 58.6 Å². The summed E-state index contributed by atoms with van der Waals surface area (Å²) in [6.45, 7) is 0.0108. The largest absolute Gasteiger partial charge is 0.456 e. The van der Waals surface area contributed by atoms with Crippen molar-refractivity contribution < 1.29 is 9.52 Å². The molecular formula is C15H11BrO2. The molecule has 0 fully saturated rings. The van der Waals surface area contributed by atoms with Crippen LogP contribution in [-0.2, 0) is 6.61 Å². The van der Waals surface area contributed by atoms with Gasteiger partial charge in [-0.05, 0) is 29.8 Å². The zero-order valence-electron chi connectivity index (χ0n) is 9.56. The van der Waals surface area contributed by atoms with E-state index in [1.165, 1.54) is 0 Å². The maximum Gasteiger partial charge on any atom is 0.135 e. The molecule has 2 aromatic carbocycles. The summed E-state index contributed by atoms with van der Waals surface area (Å²) in [5, 5.41) is 10.4. The molecule has 0 aliphatic carbocycles. The molecule has 0 spiro atoms. The number of halogens is 1. The Morgan fingerprint density at radius 3 is 2.72 bits per heavy atom. The fourth-order valence-electron chi connectivity index (χ4n) is 2.05. The molecule has 18 heavy (non-hydrogen) atoms. The van der Waals surface area contributed by atoms with E-state index in [4.69, 9.17) is 4.42 Å². The lowest BCUT2D eigenvalue weighted by Crippen LogP contribution is -1.86. The van der Waals surface area contributed by atoms with Gasteiger partial charge in [-0.15, -0.1) is 0 Å². The van der Waals surface area contributed by atoms with Gasteiger partial charge in [0.2, 0.25) is 0 Å². The molecule has 0 saturated carbocycles. The first-order valence-electron chi connectivity index (χ1n) is 5.66. The Hall–Kier alpha value is -1.58. The summed E-state index contributed by atoms with van der Waals surface area (Å²) in [7, 11) is 0. The molecule has 3 aromatic rings. The van der Waals surface area contributed by atoms with Gasteiger partial charge in [0.1, 0.15) is 11.3 Å². The minimum absolute atomic E-state index is 0.0108. The molecule has 2 nitrogen and oxygen atoms in total. The van der Waals surface area contributed by atoms with Crippen molar-refractivity contribution in [2.75, 3.05) is 0 Å². The van der Waals surface area contributed by atoms with Crippen LogP contribution in [0.25, 0.3) is 22.3 Å². The number of aliphatic hydroxyl groups is 1. The number of rotatable bonds is 2. The maximum atomic E-state index is 9.35. The van der Waals surface area contributed by atoms with Gasteiger partial charge in [0.25, 0.3) is 0 Å². The van der Waals surface area contributed by atoms with Crippen molar-refractivity contribution in [1.29, 1.82) is 0 Å². The molecule has 3 rings (SSSR count). The Morgan fingerprint density at radius 1 is 1.06 bits per heavy atom. The third kappa shape index (κ3) is 1.96. The third-order valence-corrected chi connectivity index (χ3v) is 3.42. The van der Waals surface area contributed by atoms with Crippen LogP contribution >= 0.6 is 15.9 Å². The van der Waals surface area contributed by atoms with E-state index in [-0.39, 0.29) is 6.61 Å². The second kappa shape index (κ2) is 4.59. The van der Waals surface area contributed by atoms with Crippen LogP contribution in [0.4, 0.5) is 0 Å². The molecule has 0 radical (unpaired) electrons. The highest BCUT2D eigenvalue weighted by molar-refractivity contribution is 9.10. The van der Waals surface area contributed by atoms with Crippen molar-refractivity contribution in [2.45, 2.75) is 6.61 Å². The third-order valence-electron chi connectivity index (χ3n) is 2.93. The minimum atomic E-state index is 0.0108. The monoisotopic (exact) mass is 302 g/mol. The van der Waals surface area contributed by atoms with Crippen LogP contribution in [0.2, 0.25) is 0 Å². The second-order valence-electron chi connectivity index (χ2n) is 4.11. The van der Waals surface area contributed by atoms with Gasteiger partial charge in [0, 0.05) is 15.4 Å².